The molecule has 2 aliphatic carbocycles. The van der Waals surface area contributed by atoms with Gasteiger partial charge in [-0.3, -0.25) is 19.2 Å². The number of fused-ring (bicyclic) bond motifs is 2. The Morgan fingerprint density at radius 3 is 2.50 bits per heavy atom. The Bertz CT molecular complexity index is 1080. The molecule has 2 fully saturated rings. The quantitative estimate of drug-likeness (QED) is 0.557. The number of amides is 1. The smallest absolute Gasteiger partial charge is 0.330 e. The molecule has 6 nitrogen and oxygen atoms in total. The molecular weight excluding hydrogens is 356 g/mol. The van der Waals surface area contributed by atoms with Crippen LogP contribution in [0.1, 0.15) is 31.9 Å². The molecule has 0 N–H and O–H groups in total. The molecule has 0 aromatic heterocycles. The number of carbonyl (C=O) groups excluding carboxylic acids is 3. The fourth-order valence-corrected chi connectivity index (χ4v) is 6.18. The van der Waals surface area contributed by atoms with Gasteiger partial charge in [0.15, 0.2) is 11.4 Å². The van der Waals surface area contributed by atoms with Crippen molar-refractivity contribution >= 4 is 23.2 Å². The van der Waals surface area contributed by atoms with Crippen molar-refractivity contribution in [3.63, 3.8) is 0 Å². The van der Waals surface area contributed by atoms with E-state index in [9.17, 15) is 14.4 Å². The number of carbonyl (C=O) groups is 3. The highest BCUT2D eigenvalue weighted by Crippen LogP contribution is 2.71. The van der Waals surface area contributed by atoms with Crippen LogP contribution < -0.4 is 4.90 Å². The summed E-state index contributed by atoms with van der Waals surface area (Å²) in [7, 11) is 1.66. The van der Waals surface area contributed by atoms with Crippen LogP contribution in [-0.4, -0.2) is 30.6 Å². The summed E-state index contributed by atoms with van der Waals surface area (Å²) in [5, 5.41) is 0. The summed E-state index contributed by atoms with van der Waals surface area (Å²) >= 11 is 0. The third-order valence-electron chi connectivity index (χ3n) is 7.78. The molecule has 3 bridgehead atoms. The Balaban J connectivity index is 2.08. The number of likely N-dealkylation sites (N-methyl/N-ethyl adjacent to an activating group) is 1. The summed E-state index contributed by atoms with van der Waals surface area (Å²) in [5.41, 5.74) is -4.06. The summed E-state index contributed by atoms with van der Waals surface area (Å²) in [6.45, 7) is 17.1. The molecule has 1 saturated carbocycles. The van der Waals surface area contributed by atoms with Crippen LogP contribution in [0.3, 0.4) is 0 Å². The van der Waals surface area contributed by atoms with Crippen LogP contribution in [0.5, 0.6) is 0 Å². The second-order valence-corrected chi connectivity index (χ2v) is 8.94. The molecule has 1 saturated heterocycles. The zero-order valence-electron chi connectivity index (χ0n) is 16.2. The van der Waals surface area contributed by atoms with Gasteiger partial charge in [-0.2, -0.15) is 0 Å². The summed E-state index contributed by atoms with van der Waals surface area (Å²) in [6, 6.07) is 5.22. The van der Waals surface area contributed by atoms with Crippen molar-refractivity contribution in [2.75, 3.05) is 11.9 Å². The number of ether oxygens (including phenoxy) is 1. The lowest BCUT2D eigenvalue weighted by molar-refractivity contribution is -0.166. The van der Waals surface area contributed by atoms with E-state index >= 15 is 0 Å². The lowest BCUT2D eigenvalue weighted by atomic mass is 9.53. The van der Waals surface area contributed by atoms with Crippen LogP contribution in [-0.2, 0) is 30.3 Å². The van der Waals surface area contributed by atoms with Gasteiger partial charge in [0.2, 0.25) is 5.78 Å². The highest BCUT2D eigenvalue weighted by molar-refractivity contribution is 6.17. The third kappa shape index (κ3) is 1.24. The van der Waals surface area contributed by atoms with Gasteiger partial charge in [0.25, 0.3) is 5.91 Å². The average Bonchev–Trinajstić information content (AvgIpc) is 3.03. The fourth-order valence-electron chi connectivity index (χ4n) is 6.18. The molecule has 1 aromatic carbocycles. The monoisotopic (exact) mass is 376 g/mol. The van der Waals surface area contributed by atoms with Gasteiger partial charge in [-0.15, -0.1) is 6.58 Å². The Hall–Kier alpha value is -2.78. The van der Waals surface area contributed by atoms with Gasteiger partial charge >= 0.3 is 5.54 Å². The van der Waals surface area contributed by atoms with Gasteiger partial charge in [0.05, 0.1) is 17.2 Å². The molecule has 4 aliphatic rings. The van der Waals surface area contributed by atoms with Crippen molar-refractivity contribution in [2.24, 2.45) is 16.7 Å². The van der Waals surface area contributed by atoms with Crippen molar-refractivity contribution in [1.82, 2.24) is 0 Å². The lowest BCUT2D eigenvalue weighted by Crippen LogP contribution is -2.64. The van der Waals surface area contributed by atoms with E-state index in [2.05, 4.69) is 11.4 Å². The minimum absolute atomic E-state index is 0.295. The van der Waals surface area contributed by atoms with Crippen molar-refractivity contribution < 1.29 is 19.1 Å². The maximum Gasteiger partial charge on any atom is 0.330 e. The zero-order chi connectivity index (χ0) is 20.4. The van der Waals surface area contributed by atoms with E-state index in [0.717, 1.165) is 0 Å². The first-order chi connectivity index (χ1) is 13.1. The predicted octanol–water partition coefficient (Wildman–Crippen LogP) is 2.37. The highest BCUT2D eigenvalue weighted by atomic mass is 16.5. The molecule has 5 atom stereocenters. The average molecular weight is 376 g/mol. The second kappa shape index (κ2) is 4.44. The molecule has 2 aliphatic heterocycles. The Morgan fingerprint density at radius 2 is 1.89 bits per heavy atom. The van der Waals surface area contributed by atoms with Crippen LogP contribution in [0.15, 0.2) is 30.9 Å². The molecule has 1 aromatic rings. The number of rotatable bonds is 1. The number of Topliss-reactive ketones (excluding diaryl/α,β-unsaturated/α-hetero) is 2. The number of anilines is 1. The molecule has 1 spiro atoms. The topological polar surface area (TPSA) is 68.0 Å². The van der Waals surface area contributed by atoms with Crippen molar-refractivity contribution in [3.8, 4) is 0 Å². The van der Waals surface area contributed by atoms with E-state index in [-0.39, 0.29) is 17.5 Å². The molecule has 5 unspecified atom stereocenters. The second-order valence-electron chi connectivity index (χ2n) is 8.94. The van der Waals surface area contributed by atoms with E-state index in [1.807, 2.05) is 0 Å². The predicted molar refractivity (Wildman–Crippen MR) is 100 cm³/mol. The minimum Gasteiger partial charge on any atom is -0.348 e. The van der Waals surface area contributed by atoms with Gasteiger partial charge < -0.3 is 9.64 Å². The molecular formula is C22H20N2O4. The first-order valence-electron chi connectivity index (χ1n) is 9.28. The first-order valence-corrected chi connectivity index (χ1v) is 9.28. The Labute approximate surface area is 163 Å². The van der Waals surface area contributed by atoms with Gasteiger partial charge in [0.1, 0.15) is 11.5 Å². The van der Waals surface area contributed by atoms with E-state index < -0.39 is 34.0 Å². The normalized spacial score (nSPS) is 41.7. The van der Waals surface area contributed by atoms with E-state index in [1.165, 1.54) is 11.0 Å². The number of nitrogens with zero attached hydrogens (tertiary/aromatic N) is 2. The molecule has 2 heterocycles. The Morgan fingerprint density at radius 1 is 1.21 bits per heavy atom. The fraction of sp³-hybridized carbons (Fsp3) is 0.455. The third-order valence-corrected chi connectivity index (χ3v) is 7.78. The van der Waals surface area contributed by atoms with Gasteiger partial charge in [-0.25, -0.2) is 6.57 Å². The van der Waals surface area contributed by atoms with Gasteiger partial charge in [-0.05, 0) is 19.1 Å². The summed E-state index contributed by atoms with van der Waals surface area (Å²) in [4.78, 5) is 46.5. The summed E-state index contributed by atoms with van der Waals surface area (Å²) < 4.78 is 6.32. The van der Waals surface area contributed by atoms with E-state index in [4.69, 9.17) is 11.3 Å². The molecule has 0 radical (unpaired) electrons. The van der Waals surface area contributed by atoms with Gasteiger partial charge in [0, 0.05) is 18.0 Å². The molecule has 6 heteroatoms. The molecule has 1 amide bonds. The van der Waals surface area contributed by atoms with E-state index in [1.54, 1.807) is 46.0 Å². The SMILES string of the molecule is [C-]#[N+]C12C(=O)C3C(OC4(C(=O)N(C)c5cccc1c54)C3(C)C)C(=O)C2(C)C=C. The standard InChI is InChI=1S/C22H20N2O4/c1-7-20(4)17(26)15-14-16(25)21(20,23-5)11-9-8-10-12-13(11)22(28-15,19(14,2)3)18(27)24(12)6/h7-10,14-15H,1H2,2-4,6H3. The Kier molecular flexibility index (Phi) is 2.75. The van der Waals surface area contributed by atoms with Crippen molar-refractivity contribution in [3.05, 3.63) is 53.4 Å². The first kappa shape index (κ1) is 17.3. The van der Waals surface area contributed by atoms with E-state index in [0.29, 0.717) is 16.8 Å². The number of benzene rings is 1. The van der Waals surface area contributed by atoms with Crippen LogP contribution in [0.25, 0.3) is 4.85 Å². The minimum atomic E-state index is -1.76. The van der Waals surface area contributed by atoms with Gasteiger partial charge in [-0.1, -0.05) is 26.0 Å². The lowest BCUT2D eigenvalue weighted by Gasteiger charge is -2.44. The van der Waals surface area contributed by atoms with Crippen LogP contribution in [0, 0.1) is 23.3 Å². The molecule has 142 valence electrons. The van der Waals surface area contributed by atoms with Crippen molar-refractivity contribution in [1.29, 1.82) is 0 Å². The van der Waals surface area contributed by atoms with Crippen LogP contribution >= 0.6 is 0 Å². The largest absolute Gasteiger partial charge is 0.348 e. The molecule has 28 heavy (non-hydrogen) atoms. The maximum atomic E-state index is 14.0. The van der Waals surface area contributed by atoms with Crippen molar-refractivity contribution in [2.45, 2.75) is 38.0 Å². The summed E-state index contributed by atoms with van der Waals surface area (Å²) in [6.07, 6.45) is 0.334. The zero-order valence-corrected chi connectivity index (χ0v) is 16.2. The highest BCUT2D eigenvalue weighted by Gasteiger charge is 2.85. The molecule has 5 rings (SSSR count). The number of hydrogen-bond acceptors (Lipinski definition) is 4. The maximum absolute atomic E-state index is 14.0. The summed E-state index contributed by atoms with van der Waals surface area (Å²) in [5.74, 6) is -1.88. The van der Waals surface area contributed by atoms with Crippen LogP contribution in [0.4, 0.5) is 5.69 Å². The van der Waals surface area contributed by atoms with Crippen LogP contribution in [0.2, 0.25) is 0 Å². The number of ketones is 2. The number of hydrogen-bond donors (Lipinski definition) is 0.